The zero-order valence-electron chi connectivity index (χ0n) is 11.1. The highest BCUT2D eigenvalue weighted by molar-refractivity contribution is 7.12. The van der Waals surface area contributed by atoms with Crippen molar-refractivity contribution in [3.05, 3.63) is 70.1 Å². The van der Waals surface area contributed by atoms with Gasteiger partial charge in [0.15, 0.2) is 0 Å². The van der Waals surface area contributed by atoms with Gasteiger partial charge in [-0.2, -0.15) is 0 Å². The molecule has 0 saturated carbocycles. The first-order chi connectivity index (χ1) is 9.79. The van der Waals surface area contributed by atoms with Gasteiger partial charge in [0.05, 0.1) is 10.4 Å². The van der Waals surface area contributed by atoms with Gasteiger partial charge in [0.25, 0.3) is 0 Å². The molecule has 2 aromatic heterocycles. The maximum absolute atomic E-state index is 12.5. The molecule has 100 valence electrons. The number of hydrogen-bond donors (Lipinski definition) is 0. The van der Waals surface area contributed by atoms with Crippen LogP contribution < -0.4 is 0 Å². The van der Waals surface area contributed by atoms with E-state index in [1.54, 1.807) is 0 Å². The Labute approximate surface area is 121 Å². The normalized spacial score (nSPS) is 10.7. The molecule has 0 bridgehead atoms. The Morgan fingerprint density at radius 1 is 1.15 bits per heavy atom. The van der Waals surface area contributed by atoms with Crippen LogP contribution in [0.5, 0.6) is 0 Å². The molecule has 3 heteroatoms. The highest BCUT2D eigenvalue weighted by Gasteiger charge is 2.19. The quantitative estimate of drug-likeness (QED) is 0.643. The van der Waals surface area contributed by atoms with E-state index in [9.17, 15) is 4.79 Å². The highest BCUT2D eigenvalue weighted by atomic mass is 32.1. The number of thiophene rings is 1. The molecule has 3 aromatic rings. The molecule has 2 nitrogen and oxygen atoms in total. The van der Waals surface area contributed by atoms with Crippen LogP contribution in [-0.2, 0) is 6.42 Å². The summed E-state index contributed by atoms with van der Waals surface area (Å²) in [5, 5.41) is 1.91. The van der Waals surface area contributed by atoms with Gasteiger partial charge in [-0.25, -0.2) is 0 Å². The van der Waals surface area contributed by atoms with Crippen molar-refractivity contribution in [2.45, 2.75) is 13.3 Å². The smallest absolute Gasteiger partial charge is 0.206 e. The summed E-state index contributed by atoms with van der Waals surface area (Å²) in [6.45, 7) is 2.00. The Morgan fingerprint density at radius 3 is 2.60 bits per heavy atom. The summed E-state index contributed by atoms with van der Waals surface area (Å²) in [5.41, 5.74) is 1.67. The number of aryl methyl sites for hydroxylation is 1. The van der Waals surface area contributed by atoms with Gasteiger partial charge in [0, 0.05) is 12.0 Å². The van der Waals surface area contributed by atoms with Gasteiger partial charge in [-0.3, -0.25) is 4.79 Å². The fourth-order valence-corrected chi connectivity index (χ4v) is 2.85. The van der Waals surface area contributed by atoms with Crippen molar-refractivity contribution >= 4 is 17.1 Å². The number of ketones is 1. The van der Waals surface area contributed by atoms with Gasteiger partial charge in [-0.1, -0.05) is 43.3 Å². The topological polar surface area (TPSA) is 30.2 Å². The molecule has 0 aliphatic rings. The van der Waals surface area contributed by atoms with Gasteiger partial charge < -0.3 is 4.42 Å². The summed E-state index contributed by atoms with van der Waals surface area (Å²) in [6, 6.07) is 15.5. The lowest BCUT2D eigenvalue weighted by molar-refractivity contribution is 0.104. The van der Waals surface area contributed by atoms with Gasteiger partial charge in [0.1, 0.15) is 11.5 Å². The van der Waals surface area contributed by atoms with Crippen LogP contribution in [0.4, 0.5) is 0 Å². The minimum absolute atomic E-state index is 0.0442. The Bertz CT molecular complexity index is 709. The van der Waals surface area contributed by atoms with E-state index in [0.29, 0.717) is 12.0 Å². The lowest BCUT2D eigenvalue weighted by Crippen LogP contribution is -1.99. The highest BCUT2D eigenvalue weighted by Crippen LogP contribution is 2.28. The molecule has 0 aliphatic heterocycles. The molecular formula is C17H14O2S. The van der Waals surface area contributed by atoms with Crippen LogP contribution in [0.2, 0.25) is 0 Å². The fraction of sp³-hybridized carbons (Fsp3) is 0.118. The minimum atomic E-state index is 0.0442. The van der Waals surface area contributed by atoms with Crippen LogP contribution in [0, 0.1) is 0 Å². The van der Waals surface area contributed by atoms with Gasteiger partial charge in [0.2, 0.25) is 5.78 Å². The molecule has 20 heavy (non-hydrogen) atoms. The van der Waals surface area contributed by atoms with Crippen molar-refractivity contribution in [2.24, 2.45) is 0 Å². The van der Waals surface area contributed by atoms with E-state index in [2.05, 4.69) is 0 Å². The van der Waals surface area contributed by atoms with E-state index in [1.165, 1.54) is 11.3 Å². The molecule has 0 atom stereocenters. The number of furan rings is 1. The predicted octanol–water partition coefficient (Wildman–Crippen LogP) is 4.80. The standard InChI is InChI=1S/C17H14O2S/c1-2-14-13(17(18)16-9-6-10-20-16)11-15(19-14)12-7-4-3-5-8-12/h3-11H,2H2,1H3. The van der Waals surface area contributed by atoms with Crippen LogP contribution in [0.3, 0.4) is 0 Å². The summed E-state index contributed by atoms with van der Waals surface area (Å²) in [6.07, 6.45) is 0.708. The van der Waals surface area contributed by atoms with E-state index in [1.807, 2.05) is 60.8 Å². The van der Waals surface area contributed by atoms with Crippen molar-refractivity contribution in [3.8, 4) is 11.3 Å². The molecule has 0 aliphatic carbocycles. The summed E-state index contributed by atoms with van der Waals surface area (Å²) < 4.78 is 5.85. The van der Waals surface area contributed by atoms with Gasteiger partial charge >= 0.3 is 0 Å². The first kappa shape index (κ1) is 12.9. The molecule has 0 radical (unpaired) electrons. The second-order valence-corrected chi connectivity index (χ2v) is 5.42. The molecule has 0 N–H and O–H groups in total. The van der Waals surface area contributed by atoms with Crippen LogP contribution >= 0.6 is 11.3 Å². The summed E-state index contributed by atoms with van der Waals surface area (Å²) in [4.78, 5) is 13.2. The van der Waals surface area contributed by atoms with Crippen molar-refractivity contribution in [3.63, 3.8) is 0 Å². The van der Waals surface area contributed by atoms with Crippen molar-refractivity contribution in [1.29, 1.82) is 0 Å². The molecule has 0 unspecified atom stereocenters. The zero-order valence-corrected chi connectivity index (χ0v) is 11.9. The number of carbonyl (C=O) groups excluding carboxylic acids is 1. The molecule has 2 heterocycles. The Morgan fingerprint density at radius 2 is 1.95 bits per heavy atom. The third-order valence-corrected chi connectivity index (χ3v) is 4.05. The van der Waals surface area contributed by atoms with Crippen LogP contribution in [-0.4, -0.2) is 5.78 Å². The van der Waals surface area contributed by atoms with Crippen LogP contribution in [0.15, 0.2) is 58.3 Å². The fourth-order valence-electron chi connectivity index (χ4n) is 2.17. The largest absolute Gasteiger partial charge is 0.460 e. The SMILES string of the molecule is CCc1oc(-c2ccccc2)cc1C(=O)c1cccs1. The van der Waals surface area contributed by atoms with E-state index in [-0.39, 0.29) is 5.78 Å². The third kappa shape index (κ3) is 2.32. The Hall–Kier alpha value is -2.13. The minimum Gasteiger partial charge on any atom is -0.460 e. The molecule has 1 aromatic carbocycles. The number of hydrogen-bond acceptors (Lipinski definition) is 3. The number of benzene rings is 1. The third-order valence-electron chi connectivity index (χ3n) is 3.18. The van der Waals surface area contributed by atoms with Crippen LogP contribution in [0.25, 0.3) is 11.3 Å². The molecular weight excluding hydrogens is 268 g/mol. The number of rotatable bonds is 4. The van der Waals surface area contributed by atoms with E-state index in [0.717, 1.165) is 22.0 Å². The summed E-state index contributed by atoms with van der Waals surface area (Å²) in [7, 11) is 0. The number of carbonyl (C=O) groups is 1. The van der Waals surface area contributed by atoms with Crippen molar-refractivity contribution < 1.29 is 9.21 Å². The summed E-state index contributed by atoms with van der Waals surface area (Å²) >= 11 is 1.46. The Balaban J connectivity index is 2.04. The maximum Gasteiger partial charge on any atom is 0.206 e. The van der Waals surface area contributed by atoms with E-state index in [4.69, 9.17) is 4.42 Å². The van der Waals surface area contributed by atoms with Crippen molar-refractivity contribution in [1.82, 2.24) is 0 Å². The zero-order chi connectivity index (χ0) is 13.9. The van der Waals surface area contributed by atoms with E-state index < -0.39 is 0 Å². The monoisotopic (exact) mass is 282 g/mol. The van der Waals surface area contributed by atoms with E-state index >= 15 is 0 Å². The summed E-state index contributed by atoms with van der Waals surface area (Å²) in [5.74, 6) is 1.55. The van der Waals surface area contributed by atoms with Gasteiger partial charge in [-0.15, -0.1) is 11.3 Å². The van der Waals surface area contributed by atoms with Crippen LogP contribution in [0.1, 0.15) is 27.9 Å². The Kier molecular flexibility index (Phi) is 3.52. The lowest BCUT2D eigenvalue weighted by Gasteiger charge is -1.96. The molecule has 0 fully saturated rings. The second-order valence-electron chi connectivity index (χ2n) is 4.47. The average Bonchev–Trinajstić information content (AvgIpc) is 3.17. The maximum atomic E-state index is 12.5. The average molecular weight is 282 g/mol. The predicted molar refractivity (Wildman–Crippen MR) is 81.3 cm³/mol. The molecule has 0 amide bonds. The van der Waals surface area contributed by atoms with Gasteiger partial charge in [-0.05, 0) is 17.5 Å². The lowest BCUT2D eigenvalue weighted by atomic mass is 10.1. The molecule has 3 rings (SSSR count). The molecule has 0 saturated heterocycles. The molecule has 0 spiro atoms. The first-order valence-electron chi connectivity index (χ1n) is 6.56. The first-order valence-corrected chi connectivity index (χ1v) is 7.44. The van der Waals surface area contributed by atoms with Crippen molar-refractivity contribution in [2.75, 3.05) is 0 Å². The second kappa shape index (κ2) is 5.47.